The van der Waals surface area contributed by atoms with E-state index in [0.717, 1.165) is 0 Å². The van der Waals surface area contributed by atoms with Crippen molar-refractivity contribution in [1.29, 1.82) is 0 Å². The van der Waals surface area contributed by atoms with Gasteiger partial charge in [-0.3, -0.25) is 4.81 Å². The second kappa shape index (κ2) is 8.07. The highest BCUT2D eigenvalue weighted by Gasteiger charge is 2.52. The van der Waals surface area contributed by atoms with E-state index >= 15 is 0 Å². The van der Waals surface area contributed by atoms with Crippen LogP contribution in [-0.4, -0.2) is 14.0 Å². The van der Waals surface area contributed by atoms with Crippen LogP contribution in [0.25, 0.3) is 0 Å². The number of hydrogen-bond acceptors (Lipinski definition) is 2. The van der Waals surface area contributed by atoms with Crippen LogP contribution in [0.4, 0.5) is 17.2 Å². The summed E-state index contributed by atoms with van der Waals surface area (Å²) < 4.78 is 2.24. The molecule has 0 atom stereocenters. The van der Waals surface area contributed by atoms with Gasteiger partial charge in [0.05, 0.1) is 18.9 Å². The van der Waals surface area contributed by atoms with Crippen molar-refractivity contribution >= 4 is 29.6 Å². The molecular weight excluding hydrogens is 377 g/mol. The third-order valence-corrected chi connectivity index (χ3v) is 6.71. The Hall–Kier alpha value is -2.75. The van der Waals surface area contributed by atoms with Gasteiger partial charge in [-0.25, -0.2) is 4.57 Å². The van der Waals surface area contributed by atoms with Crippen LogP contribution in [0.3, 0.4) is 0 Å². The third kappa shape index (κ3) is 3.42. The maximum atomic E-state index is 2.56. The molecule has 4 rings (SSSR count). The Labute approximate surface area is 188 Å². The molecule has 2 heterocycles. The summed E-state index contributed by atoms with van der Waals surface area (Å²) in [5, 5.41) is 0. The van der Waals surface area contributed by atoms with Crippen molar-refractivity contribution in [3.8, 4) is 0 Å². The van der Waals surface area contributed by atoms with Crippen LogP contribution in [0, 0.1) is 13.8 Å². The van der Waals surface area contributed by atoms with Crippen LogP contribution in [-0.2, 0) is 7.05 Å². The minimum absolute atomic E-state index is 0.111. The van der Waals surface area contributed by atoms with E-state index in [9.17, 15) is 0 Å². The van der Waals surface area contributed by atoms with E-state index in [1.807, 2.05) is 0 Å². The van der Waals surface area contributed by atoms with Crippen molar-refractivity contribution in [3.05, 3.63) is 77.0 Å². The summed E-state index contributed by atoms with van der Waals surface area (Å²) in [7, 11) is 4.41. The maximum absolute atomic E-state index is 2.56. The summed E-state index contributed by atoms with van der Waals surface area (Å²) in [5.74, 6) is 2.12. The van der Waals surface area contributed by atoms with Gasteiger partial charge < -0.3 is 4.81 Å². The fraction of sp³-hybridized carbons (Fsp3) is 0.370. The maximum Gasteiger partial charge on any atom is 0.538 e. The van der Waals surface area contributed by atoms with Crippen LogP contribution < -0.4 is 19.7 Å². The van der Waals surface area contributed by atoms with Crippen molar-refractivity contribution in [2.45, 2.75) is 53.4 Å². The number of nitrogens with zero attached hydrogens (tertiary/aromatic N) is 3. The molecule has 1 aliphatic heterocycles. The summed E-state index contributed by atoms with van der Waals surface area (Å²) in [6, 6.07) is 17.9. The first-order valence-electron chi connectivity index (χ1n) is 11.4. The van der Waals surface area contributed by atoms with Crippen LogP contribution in [0.15, 0.2) is 54.7 Å². The molecule has 0 saturated heterocycles. The van der Waals surface area contributed by atoms with Crippen LogP contribution in [0.5, 0.6) is 0 Å². The number of aromatic nitrogens is 1. The first kappa shape index (κ1) is 21.5. The van der Waals surface area contributed by atoms with E-state index in [1.54, 1.807) is 0 Å². The standard InChI is InChI=1S/C27H35BN3/c1-18(2)22-12-11-13-23(19(3)4)25(22)28-30(8)26-20(5)15-16-21(6)27(26)31(28)24-14-9-10-17-29(24)7/h9-19H,1-8H3/q+1. The highest BCUT2D eigenvalue weighted by Crippen LogP contribution is 2.45. The van der Waals surface area contributed by atoms with Gasteiger partial charge in [0.2, 0.25) is 0 Å². The number of hydrogen-bond donors (Lipinski definition) is 0. The average molecular weight is 412 g/mol. The predicted molar refractivity (Wildman–Crippen MR) is 134 cm³/mol. The first-order valence-corrected chi connectivity index (χ1v) is 11.4. The lowest BCUT2D eigenvalue weighted by Crippen LogP contribution is -2.58. The molecule has 160 valence electrons. The molecule has 0 bridgehead atoms. The van der Waals surface area contributed by atoms with Gasteiger partial charge in [0, 0.05) is 11.5 Å². The second-order valence-corrected chi connectivity index (χ2v) is 9.58. The summed E-state index contributed by atoms with van der Waals surface area (Å²) in [6.07, 6.45) is 2.15. The van der Waals surface area contributed by atoms with Crippen molar-refractivity contribution < 1.29 is 4.57 Å². The zero-order valence-electron chi connectivity index (χ0n) is 20.3. The number of rotatable bonds is 4. The molecule has 0 saturated carbocycles. The Morgan fingerprint density at radius 3 is 1.90 bits per heavy atom. The zero-order chi connectivity index (χ0) is 22.4. The number of aryl methyl sites for hydroxylation is 3. The quantitative estimate of drug-likeness (QED) is 0.422. The van der Waals surface area contributed by atoms with Gasteiger partial charge in [0.1, 0.15) is 5.69 Å². The SMILES string of the molecule is Cc1ccc(C)c2c1N(C)B(c1c(C(C)C)cccc1C(C)C)N2c1cccc[n+]1C. The minimum Gasteiger partial charge on any atom is -0.369 e. The second-order valence-electron chi connectivity index (χ2n) is 9.58. The van der Waals surface area contributed by atoms with E-state index in [4.69, 9.17) is 0 Å². The molecule has 4 heteroatoms. The lowest BCUT2D eigenvalue weighted by atomic mass is 9.59. The largest absolute Gasteiger partial charge is 0.538 e. The van der Waals surface area contributed by atoms with E-state index in [1.165, 1.54) is 44.9 Å². The van der Waals surface area contributed by atoms with E-state index in [-0.39, 0.29) is 6.98 Å². The summed E-state index contributed by atoms with van der Waals surface area (Å²) in [6.45, 7) is 13.8. The molecular formula is C27H35BN3+. The van der Waals surface area contributed by atoms with E-state index in [0.29, 0.717) is 11.8 Å². The molecule has 1 aliphatic rings. The smallest absolute Gasteiger partial charge is 0.369 e. The molecule has 0 amide bonds. The molecule has 0 fully saturated rings. The molecule has 0 radical (unpaired) electrons. The molecule has 3 aromatic rings. The first-order chi connectivity index (χ1) is 14.7. The number of anilines is 3. The van der Waals surface area contributed by atoms with Gasteiger partial charge in [0.15, 0.2) is 0 Å². The molecule has 3 nitrogen and oxygen atoms in total. The van der Waals surface area contributed by atoms with Crippen molar-refractivity contribution in [1.82, 2.24) is 0 Å². The lowest BCUT2D eigenvalue weighted by molar-refractivity contribution is -0.658. The van der Waals surface area contributed by atoms with Crippen LogP contribution in [0.1, 0.15) is 61.8 Å². The summed E-state index contributed by atoms with van der Waals surface area (Å²) in [5.41, 5.74) is 9.62. The van der Waals surface area contributed by atoms with Crippen molar-refractivity contribution in [2.24, 2.45) is 7.05 Å². The predicted octanol–water partition coefficient (Wildman–Crippen LogP) is 5.36. The fourth-order valence-electron chi connectivity index (χ4n) is 5.18. The lowest BCUT2D eigenvalue weighted by Gasteiger charge is -2.28. The van der Waals surface area contributed by atoms with Gasteiger partial charge in [-0.1, -0.05) is 64.1 Å². The van der Waals surface area contributed by atoms with Crippen LogP contribution >= 0.6 is 0 Å². The van der Waals surface area contributed by atoms with E-state index < -0.39 is 0 Å². The highest BCUT2D eigenvalue weighted by atomic mass is 15.3. The molecule has 0 N–H and O–H groups in total. The van der Waals surface area contributed by atoms with Gasteiger partial charge in [-0.2, -0.15) is 0 Å². The van der Waals surface area contributed by atoms with Gasteiger partial charge in [0.25, 0.3) is 5.82 Å². The number of pyridine rings is 1. The number of benzene rings is 2. The fourth-order valence-corrected chi connectivity index (χ4v) is 5.18. The Kier molecular flexibility index (Phi) is 5.59. The molecule has 0 spiro atoms. The zero-order valence-corrected chi connectivity index (χ0v) is 20.3. The van der Waals surface area contributed by atoms with Crippen molar-refractivity contribution in [2.75, 3.05) is 16.7 Å². The highest BCUT2D eigenvalue weighted by molar-refractivity contribution is 6.83. The Balaban J connectivity index is 2.08. The molecule has 31 heavy (non-hydrogen) atoms. The molecule has 2 aromatic carbocycles. The molecule has 1 aromatic heterocycles. The van der Waals surface area contributed by atoms with E-state index in [2.05, 4.69) is 125 Å². The van der Waals surface area contributed by atoms with Gasteiger partial charge >= 0.3 is 6.98 Å². The summed E-state index contributed by atoms with van der Waals surface area (Å²) >= 11 is 0. The average Bonchev–Trinajstić information content (AvgIpc) is 3.04. The van der Waals surface area contributed by atoms with Gasteiger partial charge in [-0.15, -0.1) is 0 Å². The Bertz CT molecular complexity index is 1090. The third-order valence-electron chi connectivity index (χ3n) is 6.71. The summed E-state index contributed by atoms with van der Waals surface area (Å²) in [4.78, 5) is 5.06. The van der Waals surface area contributed by atoms with Gasteiger partial charge in [-0.05, 0) is 61.1 Å². The van der Waals surface area contributed by atoms with Crippen molar-refractivity contribution in [3.63, 3.8) is 0 Å². The topological polar surface area (TPSA) is 10.4 Å². The Morgan fingerprint density at radius 2 is 1.35 bits per heavy atom. The monoisotopic (exact) mass is 412 g/mol. The minimum atomic E-state index is 0.111. The normalized spacial score (nSPS) is 13.5. The molecule has 0 aliphatic carbocycles. The van der Waals surface area contributed by atoms with Crippen LogP contribution in [0.2, 0.25) is 0 Å². The molecule has 0 unspecified atom stereocenters. The Morgan fingerprint density at radius 1 is 0.774 bits per heavy atom. The number of fused-ring (bicyclic) bond motifs is 1.